The van der Waals surface area contributed by atoms with Crippen molar-refractivity contribution in [3.05, 3.63) is 35.4 Å². The Hall–Kier alpha value is -1.40. The topological polar surface area (TPSA) is 100 Å². The van der Waals surface area contributed by atoms with Gasteiger partial charge in [-0.3, -0.25) is 9.79 Å². The highest BCUT2D eigenvalue weighted by Crippen LogP contribution is 2.18. The van der Waals surface area contributed by atoms with Crippen LogP contribution in [0.1, 0.15) is 44.7 Å². The molecule has 2 rings (SSSR count). The third-order valence-corrected chi connectivity index (χ3v) is 6.39. The molecule has 2 N–H and O–H groups in total. The molecule has 8 nitrogen and oxygen atoms in total. The summed E-state index contributed by atoms with van der Waals surface area (Å²) in [6.07, 6.45) is 1.70. The maximum absolute atomic E-state index is 12.4. The molecule has 176 valence electrons. The van der Waals surface area contributed by atoms with Crippen LogP contribution >= 0.6 is 24.0 Å². The number of esters is 1. The number of likely N-dealkylation sites (tertiary alicyclic amines) is 1. The summed E-state index contributed by atoms with van der Waals surface area (Å²) in [5.41, 5.74) is 1.64. The third kappa shape index (κ3) is 8.93. The first-order valence-corrected chi connectivity index (χ1v) is 12.1. The van der Waals surface area contributed by atoms with Gasteiger partial charge >= 0.3 is 5.97 Å². The minimum absolute atomic E-state index is 0. The number of sulfonamides is 1. The summed E-state index contributed by atoms with van der Waals surface area (Å²) in [6, 6.07) is 7.33. The number of carbonyl (C=O) groups is 1. The molecule has 1 saturated heterocycles. The van der Waals surface area contributed by atoms with Crippen LogP contribution in [-0.4, -0.2) is 58.0 Å². The van der Waals surface area contributed by atoms with Crippen LogP contribution in [-0.2, 0) is 31.9 Å². The molecule has 0 aromatic heterocycles. The number of nitrogens with zero attached hydrogens (tertiary/aromatic N) is 2. The predicted octanol–water partition coefficient (Wildman–Crippen LogP) is 2.48. The van der Waals surface area contributed by atoms with Crippen molar-refractivity contribution >= 4 is 45.9 Å². The number of ether oxygens (including phenoxy) is 1. The van der Waals surface area contributed by atoms with Crippen LogP contribution in [0, 0.1) is 5.92 Å². The quantitative estimate of drug-likeness (QED) is 0.217. The van der Waals surface area contributed by atoms with Gasteiger partial charge in [-0.05, 0) is 44.7 Å². The monoisotopic (exact) mass is 566 g/mol. The number of hydrogen-bond acceptors (Lipinski definition) is 5. The van der Waals surface area contributed by atoms with Crippen molar-refractivity contribution in [1.82, 2.24) is 14.9 Å². The van der Waals surface area contributed by atoms with Crippen molar-refractivity contribution in [3.8, 4) is 0 Å². The van der Waals surface area contributed by atoms with Crippen LogP contribution in [0.2, 0.25) is 0 Å². The van der Waals surface area contributed by atoms with E-state index in [1.54, 1.807) is 20.9 Å². The highest BCUT2D eigenvalue weighted by atomic mass is 127. The van der Waals surface area contributed by atoms with E-state index in [0.717, 1.165) is 30.5 Å². The van der Waals surface area contributed by atoms with E-state index in [9.17, 15) is 13.2 Å². The lowest BCUT2D eigenvalue weighted by molar-refractivity contribution is -0.149. The Kier molecular flexibility index (Phi) is 11.8. The normalized spacial score (nSPS) is 17.3. The SMILES string of the molecule is CCOC(=O)C1CCCN(C(=NC)NCc2ccccc2CS(=O)(=O)NC(C)C)C1.I. The molecule has 1 aliphatic rings. The number of halogens is 1. The van der Waals surface area contributed by atoms with Crippen LogP contribution in [0.25, 0.3) is 0 Å². The Bertz CT molecular complexity index is 846. The van der Waals surface area contributed by atoms with Crippen molar-refractivity contribution in [2.75, 3.05) is 26.7 Å². The fourth-order valence-corrected chi connectivity index (χ4v) is 5.10. The van der Waals surface area contributed by atoms with E-state index >= 15 is 0 Å². The fourth-order valence-electron chi connectivity index (χ4n) is 3.60. The van der Waals surface area contributed by atoms with E-state index in [0.29, 0.717) is 25.7 Å². The van der Waals surface area contributed by atoms with Crippen molar-refractivity contribution < 1.29 is 17.9 Å². The molecule has 1 heterocycles. The van der Waals surface area contributed by atoms with Gasteiger partial charge in [-0.15, -0.1) is 24.0 Å². The number of rotatable bonds is 8. The maximum atomic E-state index is 12.4. The molecule has 0 spiro atoms. The van der Waals surface area contributed by atoms with Crippen LogP contribution in [0.15, 0.2) is 29.3 Å². The number of guanidine groups is 1. The molecule has 0 bridgehead atoms. The third-order valence-electron chi connectivity index (χ3n) is 4.87. The minimum Gasteiger partial charge on any atom is -0.466 e. The van der Waals surface area contributed by atoms with Gasteiger partial charge in [-0.2, -0.15) is 0 Å². The molecule has 1 fully saturated rings. The zero-order chi connectivity index (χ0) is 22.1. The molecule has 1 unspecified atom stereocenters. The van der Waals surface area contributed by atoms with Gasteiger partial charge in [0.2, 0.25) is 10.0 Å². The summed E-state index contributed by atoms with van der Waals surface area (Å²) in [5.74, 6) is 0.306. The molecule has 0 saturated carbocycles. The number of aliphatic imine (C=N–C) groups is 1. The number of piperidine rings is 1. The van der Waals surface area contributed by atoms with Crippen LogP contribution in [0.5, 0.6) is 0 Å². The summed E-state index contributed by atoms with van der Waals surface area (Å²) in [4.78, 5) is 18.5. The van der Waals surface area contributed by atoms with E-state index in [4.69, 9.17) is 4.74 Å². The Morgan fingerprint density at radius 1 is 1.29 bits per heavy atom. The van der Waals surface area contributed by atoms with E-state index in [1.807, 2.05) is 31.2 Å². The second-order valence-corrected chi connectivity index (χ2v) is 9.49. The predicted molar refractivity (Wildman–Crippen MR) is 134 cm³/mol. The lowest BCUT2D eigenvalue weighted by Crippen LogP contribution is -2.48. The van der Waals surface area contributed by atoms with Gasteiger partial charge < -0.3 is 15.0 Å². The average Bonchev–Trinajstić information content (AvgIpc) is 2.69. The van der Waals surface area contributed by atoms with Crippen LogP contribution < -0.4 is 10.0 Å². The van der Waals surface area contributed by atoms with Crippen molar-refractivity contribution in [2.24, 2.45) is 10.9 Å². The summed E-state index contributed by atoms with van der Waals surface area (Å²) >= 11 is 0. The number of benzene rings is 1. The maximum Gasteiger partial charge on any atom is 0.310 e. The van der Waals surface area contributed by atoms with Crippen molar-refractivity contribution in [3.63, 3.8) is 0 Å². The van der Waals surface area contributed by atoms with Crippen molar-refractivity contribution in [1.29, 1.82) is 0 Å². The zero-order valence-electron chi connectivity index (χ0n) is 18.8. The molecule has 1 aliphatic heterocycles. The smallest absolute Gasteiger partial charge is 0.310 e. The molecule has 31 heavy (non-hydrogen) atoms. The Morgan fingerprint density at radius 3 is 2.58 bits per heavy atom. The van der Waals surface area contributed by atoms with Gasteiger partial charge in [0, 0.05) is 32.7 Å². The van der Waals surface area contributed by atoms with E-state index < -0.39 is 10.0 Å². The number of nitrogens with one attached hydrogen (secondary N) is 2. The van der Waals surface area contributed by atoms with Gasteiger partial charge in [0.05, 0.1) is 18.3 Å². The fraction of sp³-hybridized carbons (Fsp3) is 0.619. The molecule has 10 heteroatoms. The summed E-state index contributed by atoms with van der Waals surface area (Å²) in [6.45, 7) is 7.62. The molecule has 0 aliphatic carbocycles. The van der Waals surface area contributed by atoms with Gasteiger partial charge in [-0.25, -0.2) is 13.1 Å². The highest BCUT2D eigenvalue weighted by Gasteiger charge is 2.28. The number of carbonyl (C=O) groups excluding carboxylic acids is 1. The van der Waals surface area contributed by atoms with Crippen LogP contribution in [0.4, 0.5) is 0 Å². The molecule has 0 amide bonds. The first-order chi connectivity index (χ1) is 14.3. The molecule has 1 aromatic carbocycles. The molecular formula is C21H35IN4O4S. The van der Waals surface area contributed by atoms with Gasteiger partial charge in [0.15, 0.2) is 5.96 Å². The second kappa shape index (κ2) is 13.2. The highest BCUT2D eigenvalue weighted by molar-refractivity contribution is 14.0. The lowest BCUT2D eigenvalue weighted by atomic mass is 9.98. The lowest BCUT2D eigenvalue weighted by Gasteiger charge is -2.34. The van der Waals surface area contributed by atoms with Gasteiger partial charge in [0.1, 0.15) is 0 Å². The number of hydrogen-bond donors (Lipinski definition) is 2. The Labute approximate surface area is 203 Å². The average molecular weight is 567 g/mol. The summed E-state index contributed by atoms with van der Waals surface area (Å²) in [5, 5.41) is 3.32. The largest absolute Gasteiger partial charge is 0.466 e. The van der Waals surface area contributed by atoms with Gasteiger partial charge in [0.25, 0.3) is 0 Å². The van der Waals surface area contributed by atoms with E-state index in [2.05, 4.69) is 19.9 Å². The first kappa shape index (κ1) is 27.6. The van der Waals surface area contributed by atoms with Crippen molar-refractivity contribution in [2.45, 2.75) is 52.0 Å². The van der Waals surface area contributed by atoms with E-state index in [1.165, 1.54) is 0 Å². The molecular weight excluding hydrogens is 531 g/mol. The summed E-state index contributed by atoms with van der Waals surface area (Å²) in [7, 11) is -1.71. The Balaban J connectivity index is 0.00000480. The standard InChI is InChI=1S/C21H34N4O4S.HI/c1-5-29-20(26)18-11-8-12-25(14-18)21(22-4)23-13-17-9-6-7-10-19(17)15-30(27,28)24-16(2)3;/h6-7,9-10,16,18,24H,5,8,11-15H2,1-4H3,(H,22,23);1H. The van der Waals surface area contributed by atoms with Gasteiger partial charge in [-0.1, -0.05) is 24.3 Å². The minimum atomic E-state index is -3.41. The second-order valence-electron chi connectivity index (χ2n) is 7.74. The molecule has 0 radical (unpaired) electrons. The first-order valence-electron chi connectivity index (χ1n) is 10.4. The van der Waals surface area contributed by atoms with E-state index in [-0.39, 0.29) is 47.7 Å². The Morgan fingerprint density at radius 2 is 1.97 bits per heavy atom. The zero-order valence-corrected chi connectivity index (χ0v) is 21.9. The summed E-state index contributed by atoms with van der Waals surface area (Å²) < 4.78 is 32.5. The van der Waals surface area contributed by atoms with Crippen LogP contribution in [0.3, 0.4) is 0 Å². The molecule has 1 aromatic rings. The molecule has 1 atom stereocenters.